The van der Waals surface area contributed by atoms with Gasteiger partial charge in [-0.3, -0.25) is 10.1 Å². The number of rotatable bonds is 7. The van der Waals surface area contributed by atoms with Crippen molar-refractivity contribution in [3.63, 3.8) is 0 Å². The highest BCUT2D eigenvalue weighted by atomic mass is 16.6. The normalized spacial score (nSPS) is 10.2. The fraction of sp³-hybridized carbons (Fsp3) is 0.111. The molecule has 0 amide bonds. The molecule has 0 bridgehead atoms. The van der Waals surface area contributed by atoms with Crippen molar-refractivity contribution in [2.24, 2.45) is 0 Å². The first-order valence-electron chi connectivity index (χ1n) is 8.28. The standard InChI is InChI=1S/C18H16N6O5/c1-28-16(25)11-7-8-14(13(9-11)24(26)27)29-10-15-21-17(19)23-18(22-15)20-12-5-3-2-4-6-12/h2-9H,10H2,1H3,(H3,19,20,21,22,23). The van der Waals surface area contributed by atoms with Crippen LogP contribution < -0.4 is 15.8 Å². The Balaban J connectivity index is 1.79. The summed E-state index contributed by atoms with van der Waals surface area (Å²) in [6.07, 6.45) is 0. The molecule has 148 valence electrons. The number of anilines is 3. The van der Waals surface area contributed by atoms with Crippen LogP contribution in [0.2, 0.25) is 0 Å². The van der Waals surface area contributed by atoms with E-state index in [1.165, 1.54) is 19.2 Å². The van der Waals surface area contributed by atoms with Gasteiger partial charge in [-0.15, -0.1) is 0 Å². The Morgan fingerprint density at radius 1 is 1.17 bits per heavy atom. The zero-order valence-electron chi connectivity index (χ0n) is 15.2. The quantitative estimate of drug-likeness (QED) is 0.345. The number of nitrogens with two attached hydrogens (primary N) is 1. The van der Waals surface area contributed by atoms with Gasteiger partial charge in [-0.1, -0.05) is 18.2 Å². The number of nitrogens with one attached hydrogen (secondary N) is 1. The summed E-state index contributed by atoms with van der Waals surface area (Å²) in [6, 6.07) is 12.9. The first-order valence-corrected chi connectivity index (χ1v) is 8.28. The van der Waals surface area contributed by atoms with Gasteiger partial charge in [-0.2, -0.15) is 15.0 Å². The molecule has 3 aromatic rings. The Kier molecular flexibility index (Phi) is 5.78. The van der Waals surface area contributed by atoms with Crippen LogP contribution in [0.25, 0.3) is 0 Å². The summed E-state index contributed by atoms with van der Waals surface area (Å²) in [5, 5.41) is 14.3. The Bertz CT molecular complexity index is 1040. The molecule has 3 rings (SSSR count). The van der Waals surface area contributed by atoms with E-state index >= 15 is 0 Å². The largest absolute Gasteiger partial charge is 0.479 e. The van der Waals surface area contributed by atoms with Gasteiger partial charge in [0.05, 0.1) is 17.6 Å². The predicted octanol–water partition coefficient (Wildman–Crippen LogP) is 2.47. The van der Waals surface area contributed by atoms with Crippen LogP contribution in [0.3, 0.4) is 0 Å². The Labute approximate surface area is 164 Å². The smallest absolute Gasteiger partial charge is 0.338 e. The molecular formula is C18H16N6O5. The van der Waals surface area contributed by atoms with E-state index in [4.69, 9.17) is 10.5 Å². The molecule has 1 heterocycles. The fourth-order valence-corrected chi connectivity index (χ4v) is 2.38. The van der Waals surface area contributed by atoms with Crippen LogP contribution in [0.5, 0.6) is 5.75 Å². The second-order valence-electron chi connectivity index (χ2n) is 5.64. The highest BCUT2D eigenvalue weighted by Gasteiger charge is 2.20. The average molecular weight is 396 g/mol. The van der Waals surface area contributed by atoms with Gasteiger partial charge in [0, 0.05) is 11.8 Å². The van der Waals surface area contributed by atoms with Gasteiger partial charge >= 0.3 is 11.7 Å². The molecule has 11 nitrogen and oxygen atoms in total. The summed E-state index contributed by atoms with van der Waals surface area (Å²) < 4.78 is 10.0. The van der Waals surface area contributed by atoms with E-state index in [-0.39, 0.29) is 35.6 Å². The molecule has 0 aliphatic rings. The minimum Gasteiger partial charge on any atom is -0.479 e. The third-order valence-corrected chi connectivity index (χ3v) is 3.66. The molecule has 11 heteroatoms. The van der Waals surface area contributed by atoms with Crippen molar-refractivity contribution in [2.45, 2.75) is 6.61 Å². The number of hydrogen-bond acceptors (Lipinski definition) is 10. The zero-order chi connectivity index (χ0) is 20.8. The van der Waals surface area contributed by atoms with Gasteiger partial charge in [-0.25, -0.2) is 4.79 Å². The summed E-state index contributed by atoms with van der Waals surface area (Å²) in [6.45, 7) is -0.200. The van der Waals surface area contributed by atoms with Gasteiger partial charge < -0.3 is 20.5 Å². The molecule has 29 heavy (non-hydrogen) atoms. The van der Waals surface area contributed by atoms with Gasteiger partial charge in [-0.05, 0) is 24.3 Å². The number of benzene rings is 2. The average Bonchev–Trinajstić information content (AvgIpc) is 2.72. The molecule has 0 fully saturated rings. The Morgan fingerprint density at radius 3 is 2.62 bits per heavy atom. The number of carbonyl (C=O) groups is 1. The summed E-state index contributed by atoms with van der Waals surface area (Å²) in [5.74, 6) is -0.409. The van der Waals surface area contributed by atoms with E-state index in [9.17, 15) is 14.9 Å². The molecule has 3 N–H and O–H groups in total. The van der Waals surface area contributed by atoms with Gasteiger partial charge in [0.25, 0.3) is 0 Å². The molecule has 0 radical (unpaired) electrons. The van der Waals surface area contributed by atoms with Crippen molar-refractivity contribution < 1.29 is 19.2 Å². The zero-order valence-corrected chi connectivity index (χ0v) is 15.2. The Hall–Kier alpha value is -4.28. The molecular weight excluding hydrogens is 380 g/mol. The van der Waals surface area contributed by atoms with E-state index in [0.717, 1.165) is 11.8 Å². The van der Waals surface area contributed by atoms with E-state index in [0.29, 0.717) is 0 Å². The molecule has 0 saturated heterocycles. The molecule has 1 aromatic heterocycles. The number of hydrogen-bond donors (Lipinski definition) is 2. The van der Waals surface area contributed by atoms with E-state index in [2.05, 4.69) is 25.0 Å². The summed E-state index contributed by atoms with van der Waals surface area (Å²) in [4.78, 5) is 34.4. The molecule has 0 saturated carbocycles. The number of nitrogen functional groups attached to an aromatic ring is 1. The van der Waals surface area contributed by atoms with Crippen molar-refractivity contribution in [1.29, 1.82) is 0 Å². The SMILES string of the molecule is COC(=O)c1ccc(OCc2nc(N)nc(Nc3ccccc3)n2)c([N+](=O)[O-])c1. The maximum absolute atomic E-state index is 11.6. The molecule has 0 unspecified atom stereocenters. The third kappa shape index (κ3) is 4.91. The fourth-order valence-electron chi connectivity index (χ4n) is 2.38. The second-order valence-corrected chi connectivity index (χ2v) is 5.64. The lowest BCUT2D eigenvalue weighted by Gasteiger charge is -2.09. The molecule has 0 atom stereocenters. The number of ether oxygens (including phenoxy) is 2. The van der Waals surface area contributed by atoms with Crippen LogP contribution in [0.1, 0.15) is 16.2 Å². The number of nitrogens with zero attached hydrogens (tertiary/aromatic N) is 4. The topological polar surface area (TPSA) is 155 Å². The van der Waals surface area contributed by atoms with Gasteiger partial charge in [0.15, 0.2) is 11.6 Å². The molecule has 0 aliphatic carbocycles. The number of esters is 1. The number of aromatic nitrogens is 3. The van der Waals surface area contributed by atoms with Crippen molar-refractivity contribution >= 4 is 29.2 Å². The first kappa shape index (κ1) is 19.5. The van der Waals surface area contributed by atoms with Gasteiger partial charge in [0.2, 0.25) is 11.9 Å². The lowest BCUT2D eigenvalue weighted by molar-refractivity contribution is -0.386. The van der Waals surface area contributed by atoms with Crippen LogP contribution >= 0.6 is 0 Å². The highest BCUT2D eigenvalue weighted by Crippen LogP contribution is 2.29. The molecule has 0 spiro atoms. The van der Waals surface area contributed by atoms with Crippen LogP contribution in [0.15, 0.2) is 48.5 Å². The van der Waals surface area contributed by atoms with E-state index in [1.807, 2.05) is 30.3 Å². The first-order chi connectivity index (χ1) is 14.0. The number of methoxy groups -OCH3 is 1. The van der Waals surface area contributed by atoms with Crippen LogP contribution in [-0.2, 0) is 11.3 Å². The number of nitro benzene ring substituents is 1. The summed E-state index contributed by atoms with van der Waals surface area (Å²) in [7, 11) is 1.19. The Morgan fingerprint density at radius 2 is 1.93 bits per heavy atom. The predicted molar refractivity (Wildman–Crippen MR) is 103 cm³/mol. The van der Waals surface area contributed by atoms with Crippen molar-refractivity contribution in [2.75, 3.05) is 18.2 Å². The van der Waals surface area contributed by atoms with E-state index in [1.54, 1.807) is 0 Å². The van der Waals surface area contributed by atoms with Crippen LogP contribution in [0.4, 0.5) is 23.3 Å². The minimum absolute atomic E-state index is 0.0327. The lowest BCUT2D eigenvalue weighted by atomic mass is 10.2. The maximum atomic E-state index is 11.6. The number of carbonyl (C=O) groups excluding carboxylic acids is 1. The molecule has 2 aromatic carbocycles. The van der Waals surface area contributed by atoms with Crippen molar-refractivity contribution in [3.05, 3.63) is 70.0 Å². The summed E-state index contributed by atoms with van der Waals surface area (Å²) >= 11 is 0. The third-order valence-electron chi connectivity index (χ3n) is 3.66. The number of para-hydroxylation sites is 1. The summed E-state index contributed by atoms with van der Waals surface area (Å²) in [5.41, 5.74) is 6.10. The van der Waals surface area contributed by atoms with Crippen LogP contribution in [-0.4, -0.2) is 33.0 Å². The van der Waals surface area contributed by atoms with Crippen LogP contribution in [0, 0.1) is 10.1 Å². The second kappa shape index (κ2) is 8.61. The van der Waals surface area contributed by atoms with Crippen molar-refractivity contribution in [1.82, 2.24) is 15.0 Å². The lowest BCUT2D eigenvalue weighted by Crippen LogP contribution is -2.10. The highest BCUT2D eigenvalue weighted by molar-refractivity contribution is 5.90. The van der Waals surface area contributed by atoms with E-state index < -0.39 is 16.6 Å². The maximum Gasteiger partial charge on any atom is 0.338 e. The number of nitro groups is 1. The monoisotopic (exact) mass is 396 g/mol. The minimum atomic E-state index is -0.693. The van der Waals surface area contributed by atoms with Crippen molar-refractivity contribution in [3.8, 4) is 5.75 Å². The van der Waals surface area contributed by atoms with Gasteiger partial charge in [0.1, 0.15) is 6.61 Å². The molecule has 0 aliphatic heterocycles.